The van der Waals surface area contributed by atoms with Gasteiger partial charge in [0.25, 0.3) is 0 Å². The molecule has 0 aromatic rings. The smallest absolute Gasteiger partial charge is 0.239 e. The average Bonchev–Trinajstić information content (AvgIpc) is 2.56. The Labute approximate surface area is 95.3 Å². The number of amides is 2. The summed E-state index contributed by atoms with van der Waals surface area (Å²) in [4.78, 5) is 25.2. The van der Waals surface area contributed by atoms with E-state index in [4.69, 9.17) is 5.73 Å². The summed E-state index contributed by atoms with van der Waals surface area (Å²) in [5.41, 5.74) is 5.80. The lowest BCUT2D eigenvalue weighted by Gasteiger charge is -2.22. The molecule has 2 unspecified atom stereocenters. The van der Waals surface area contributed by atoms with Gasteiger partial charge in [-0.25, -0.2) is 0 Å². The molecule has 0 aromatic carbocycles. The van der Waals surface area contributed by atoms with Crippen molar-refractivity contribution in [3.05, 3.63) is 0 Å². The Balaban J connectivity index is 1.95. The van der Waals surface area contributed by atoms with Crippen LogP contribution in [0.3, 0.4) is 0 Å². The maximum Gasteiger partial charge on any atom is 0.239 e. The minimum atomic E-state index is -0.0480. The number of nitrogens with two attached hydrogens (primary N) is 1. The van der Waals surface area contributed by atoms with E-state index >= 15 is 0 Å². The summed E-state index contributed by atoms with van der Waals surface area (Å²) in [5, 5.41) is 2.77. The first-order valence-corrected chi connectivity index (χ1v) is 5.98. The molecule has 0 spiro atoms. The first-order valence-electron chi connectivity index (χ1n) is 5.98. The Morgan fingerprint density at radius 1 is 1.44 bits per heavy atom. The van der Waals surface area contributed by atoms with Crippen molar-refractivity contribution < 1.29 is 9.59 Å². The van der Waals surface area contributed by atoms with Crippen molar-refractivity contribution in [1.82, 2.24) is 10.2 Å². The second-order valence-corrected chi connectivity index (χ2v) is 4.73. The molecule has 1 heterocycles. The van der Waals surface area contributed by atoms with Crippen LogP contribution in [-0.4, -0.2) is 42.4 Å². The topological polar surface area (TPSA) is 75.4 Å². The molecule has 2 aliphatic rings. The standard InChI is InChI=1S/C11H19N3O2/c12-9-3-2-8(6-9)11(16)14-5-1-4-13-10(15)7-14/h8-9H,1-7,12H2,(H,13,15). The zero-order valence-corrected chi connectivity index (χ0v) is 9.45. The van der Waals surface area contributed by atoms with Crippen LogP contribution >= 0.6 is 0 Å². The molecule has 90 valence electrons. The van der Waals surface area contributed by atoms with E-state index in [-0.39, 0.29) is 30.3 Å². The Morgan fingerprint density at radius 2 is 2.25 bits per heavy atom. The van der Waals surface area contributed by atoms with Gasteiger partial charge in [0.1, 0.15) is 0 Å². The van der Waals surface area contributed by atoms with Crippen LogP contribution in [0.1, 0.15) is 25.7 Å². The van der Waals surface area contributed by atoms with E-state index in [0.717, 1.165) is 25.7 Å². The quantitative estimate of drug-likeness (QED) is 0.629. The lowest BCUT2D eigenvalue weighted by molar-refractivity contribution is -0.138. The van der Waals surface area contributed by atoms with Crippen LogP contribution in [0.4, 0.5) is 0 Å². The van der Waals surface area contributed by atoms with Gasteiger partial charge in [-0.15, -0.1) is 0 Å². The third kappa shape index (κ3) is 2.52. The first kappa shape index (κ1) is 11.4. The molecule has 0 bridgehead atoms. The number of carbonyl (C=O) groups is 2. The molecule has 2 atom stereocenters. The van der Waals surface area contributed by atoms with Crippen molar-refractivity contribution in [2.45, 2.75) is 31.7 Å². The highest BCUT2D eigenvalue weighted by Gasteiger charge is 2.32. The van der Waals surface area contributed by atoms with Crippen molar-refractivity contribution in [1.29, 1.82) is 0 Å². The van der Waals surface area contributed by atoms with Gasteiger partial charge in [-0.2, -0.15) is 0 Å². The van der Waals surface area contributed by atoms with Crippen LogP contribution in [0.15, 0.2) is 0 Å². The van der Waals surface area contributed by atoms with Crippen LogP contribution in [0.25, 0.3) is 0 Å². The molecular formula is C11H19N3O2. The van der Waals surface area contributed by atoms with Crippen molar-refractivity contribution in [3.8, 4) is 0 Å². The first-order chi connectivity index (χ1) is 7.66. The summed E-state index contributed by atoms with van der Waals surface area (Å²) in [5.74, 6) is 0.110. The highest BCUT2D eigenvalue weighted by molar-refractivity contribution is 5.86. The molecular weight excluding hydrogens is 206 g/mol. The summed E-state index contributed by atoms with van der Waals surface area (Å²) in [6.07, 6.45) is 3.42. The molecule has 3 N–H and O–H groups in total. The molecule has 2 fully saturated rings. The van der Waals surface area contributed by atoms with E-state index in [9.17, 15) is 9.59 Å². The summed E-state index contributed by atoms with van der Waals surface area (Å²) < 4.78 is 0. The summed E-state index contributed by atoms with van der Waals surface area (Å²) in [6, 6.07) is 0.162. The Morgan fingerprint density at radius 3 is 2.94 bits per heavy atom. The summed E-state index contributed by atoms with van der Waals surface area (Å²) >= 11 is 0. The van der Waals surface area contributed by atoms with Gasteiger partial charge in [-0.3, -0.25) is 9.59 Å². The predicted molar refractivity (Wildman–Crippen MR) is 59.5 cm³/mol. The minimum absolute atomic E-state index is 0.0425. The molecule has 2 amide bonds. The molecule has 0 radical (unpaired) electrons. The highest BCUT2D eigenvalue weighted by atomic mass is 16.2. The number of nitrogens with zero attached hydrogens (tertiary/aromatic N) is 1. The number of nitrogens with one attached hydrogen (secondary N) is 1. The number of hydrogen-bond acceptors (Lipinski definition) is 3. The Bertz CT molecular complexity index is 293. The number of carbonyl (C=O) groups excluding carboxylic acids is 2. The monoisotopic (exact) mass is 225 g/mol. The van der Waals surface area contributed by atoms with Gasteiger partial charge in [-0.1, -0.05) is 0 Å². The van der Waals surface area contributed by atoms with E-state index in [1.807, 2.05) is 0 Å². The van der Waals surface area contributed by atoms with Gasteiger partial charge in [-0.05, 0) is 25.7 Å². The Kier molecular flexibility index (Phi) is 3.43. The summed E-state index contributed by atoms with van der Waals surface area (Å²) in [7, 11) is 0. The van der Waals surface area contributed by atoms with E-state index < -0.39 is 0 Å². The fourth-order valence-electron chi connectivity index (χ4n) is 2.49. The van der Waals surface area contributed by atoms with E-state index in [1.165, 1.54) is 0 Å². The van der Waals surface area contributed by atoms with Gasteiger partial charge >= 0.3 is 0 Å². The van der Waals surface area contributed by atoms with Gasteiger partial charge in [0.15, 0.2) is 0 Å². The Hall–Kier alpha value is -1.10. The highest BCUT2D eigenvalue weighted by Crippen LogP contribution is 2.26. The van der Waals surface area contributed by atoms with E-state index in [2.05, 4.69) is 5.32 Å². The molecule has 16 heavy (non-hydrogen) atoms. The van der Waals surface area contributed by atoms with Crippen LogP contribution in [0.2, 0.25) is 0 Å². The van der Waals surface area contributed by atoms with Crippen molar-refractivity contribution >= 4 is 11.8 Å². The fraction of sp³-hybridized carbons (Fsp3) is 0.818. The van der Waals surface area contributed by atoms with E-state index in [0.29, 0.717) is 13.1 Å². The largest absolute Gasteiger partial charge is 0.354 e. The maximum absolute atomic E-state index is 12.1. The van der Waals surface area contributed by atoms with Gasteiger partial charge in [0, 0.05) is 25.0 Å². The molecule has 0 aromatic heterocycles. The zero-order chi connectivity index (χ0) is 11.5. The molecule has 2 rings (SSSR count). The van der Waals surface area contributed by atoms with Gasteiger partial charge in [0.05, 0.1) is 6.54 Å². The predicted octanol–water partition coefficient (Wildman–Crippen LogP) is -0.538. The van der Waals surface area contributed by atoms with Crippen LogP contribution < -0.4 is 11.1 Å². The second kappa shape index (κ2) is 4.82. The third-order valence-electron chi connectivity index (χ3n) is 3.40. The van der Waals surface area contributed by atoms with Gasteiger partial charge in [0.2, 0.25) is 11.8 Å². The van der Waals surface area contributed by atoms with Crippen LogP contribution in [0.5, 0.6) is 0 Å². The molecule has 5 heteroatoms. The minimum Gasteiger partial charge on any atom is -0.354 e. The maximum atomic E-state index is 12.1. The second-order valence-electron chi connectivity index (χ2n) is 4.73. The molecule has 5 nitrogen and oxygen atoms in total. The summed E-state index contributed by atoms with van der Waals surface area (Å²) in [6.45, 7) is 1.57. The fourth-order valence-corrected chi connectivity index (χ4v) is 2.49. The van der Waals surface area contributed by atoms with Gasteiger partial charge < -0.3 is 16.0 Å². The molecule has 1 saturated heterocycles. The lowest BCUT2D eigenvalue weighted by Crippen LogP contribution is -2.40. The van der Waals surface area contributed by atoms with Crippen LogP contribution in [-0.2, 0) is 9.59 Å². The molecule has 1 aliphatic heterocycles. The third-order valence-corrected chi connectivity index (χ3v) is 3.40. The van der Waals surface area contributed by atoms with Crippen molar-refractivity contribution in [2.24, 2.45) is 11.7 Å². The van der Waals surface area contributed by atoms with Crippen LogP contribution in [0, 0.1) is 5.92 Å². The number of rotatable bonds is 1. The average molecular weight is 225 g/mol. The molecule has 1 aliphatic carbocycles. The zero-order valence-electron chi connectivity index (χ0n) is 9.45. The normalized spacial score (nSPS) is 31.1. The van der Waals surface area contributed by atoms with E-state index in [1.54, 1.807) is 4.90 Å². The van der Waals surface area contributed by atoms with Crippen molar-refractivity contribution in [3.63, 3.8) is 0 Å². The lowest BCUT2D eigenvalue weighted by atomic mass is 10.1. The molecule has 1 saturated carbocycles. The number of hydrogen-bond donors (Lipinski definition) is 2. The SMILES string of the molecule is NC1CCC(C(=O)N2CCCNC(=O)C2)C1. The van der Waals surface area contributed by atoms with Crippen molar-refractivity contribution in [2.75, 3.05) is 19.6 Å².